The van der Waals surface area contributed by atoms with Crippen molar-refractivity contribution in [2.24, 2.45) is 10.2 Å². The number of hydrogen-bond acceptors (Lipinski definition) is 5. The van der Waals surface area contributed by atoms with Crippen LogP contribution in [0.3, 0.4) is 0 Å². The predicted octanol–water partition coefficient (Wildman–Crippen LogP) is 7.13. The van der Waals surface area contributed by atoms with Crippen molar-refractivity contribution < 1.29 is 5.11 Å². The Morgan fingerprint density at radius 3 is 1.69 bits per heavy atom. The van der Waals surface area contributed by atoms with Crippen LogP contribution in [-0.4, -0.2) is 58.0 Å². The minimum atomic E-state index is 0.181. The third-order valence-electron chi connectivity index (χ3n) is 3.21. The summed E-state index contributed by atoms with van der Waals surface area (Å²) in [5.41, 5.74) is 2.19. The second kappa shape index (κ2) is 19.0. The Morgan fingerprint density at radius 1 is 0.750 bits per heavy atom. The molecular weight excluding hydrogens is 395 g/mol. The van der Waals surface area contributed by atoms with Gasteiger partial charge in [0.2, 0.25) is 0 Å². The lowest BCUT2D eigenvalue weighted by molar-refractivity contribution is 0.482. The third-order valence-corrected chi connectivity index (χ3v) is 3.21. The van der Waals surface area contributed by atoms with Gasteiger partial charge in [-0.05, 0) is 71.3 Å². The number of nitrogens with zero attached hydrogens (tertiary/aromatic N) is 4. The molecule has 0 saturated carbocycles. The monoisotopic (exact) mass is 436 g/mol. The molecule has 0 saturated heterocycles. The van der Waals surface area contributed by atoms with Crippen molar-refractivity contribution in [3.63, 3.8) is 0 Å². The van der Waals surface area contributed by atoms with E-state index in [0.717, 1.165) is 22.0 Å². The SMILES string of the molecule is CC.CC.CN(C)C.Cc1cc2ccccc2c(O)c1N=Nc1ccccc1.[B]N(C)C. The minimum Gasteiger partial charge on any atom is -0.505 e. The zero-order chi connectivity index (χ0) is 25.1. The highest BCUT2D eigenvalue weighted by Gasteiger charge is 2.09. The van der Waals surface area contributed by atoms with Crippen molar-refractivity contribution >= 4 is 30.1 Å². The second-order valence-corrected chi connectivity index (χ2v) is 6.95. The molecule has 3 aromatic rings. The van der Waals surface area contributed by atoms with Gasteiger partial charge in [0.25, 0.3) is 0 Å². The summed E-state index contributed by atoms with van der Waals surface area (Å²) in [6.45, 7) is 9.92. The van der Waals surface area contributed by atoms with Gasteiger partial charge in [0, 0.05) is 5.39 Å². The summed E-state index contributed by atoms with van der Waals surface area (Å²) >= 11 is 0. The average molecular weight is 436 g/mol. The van der Waals surface area contributed by atoms with Gasteiger partial charge in [0.1, 0.15) is 5.69 Å². The standard InChI is InChI=1S/C17H14N2O.C3H9N.C2H6BN.2C2H6/c1-12-11-13-7-5-6-10-15(13)17(20)16(12)19-18-14-8-3-2-4-9-14;2*1-4(2)3;2*1-2/h2-11,20H,1H3;1-3H3;1-2H3;2*1-2H3. The molecule has 0 atom stereocenters. The molecule has 0 heterocycles. The average Bonchev–Trinajstić information content (AvgIpc) is 2.76. The number of fused-ring (bicyclic) bond motifs is 1. The number of rotatable bonds is 2. The Kier molecular flexibility index (Phi) is 18.7. The smallest absolute Gasteiger partial charge is 0.181 e. The molecule has 0 fully saturated rings. The normalized spacial score (nSPS) is 9.62. The Morgan fingerprint density at radius 2 is 1.19 bits per heavy atom. The lowest BCUT2D eigenvalue weighted by Crippen LogP contribution is -2.02. The van der Waals surface area contributed by atoms with E-state index in [1.807, 2.05) is 121 Å². The Bertz CT molecular complexity index is 870. The second-order valence-electron chi connectivity index (χ2n) is 6.95. The van der Waals surface area contributed by atoms with Crippen LogP contribution in [0.4, 0.5) is 11.4 Å². The zero-order valence-electron chi connectivity index (χ0n) is 21.6. The topological polar surface area (TPSA) is 51.4 Å². The maximum atomic E-state index is 10.4. The number of azo groups is 1. The predicted molar refractivity (Wildman–Crippen MR) is 143 cm³/mol. The maximum absolute atomic E-state index is 10.4. The summed E-state index contributed by atoms with van der Waals surface area (Å²) < 4.78 is 0. The molecule has 0 bridgehead atoms. The van der Waals surface area contributed by atoms with Crippen LogP contribution < -0.4 is 0 Å². The summed E-state index contributed by atoms with van der Waals surface area (Å²) in [4.78, 5) is 3.50. The molecule has 3 rings (SSSR count). The first kappa shape index (κ1) is 31.5. The molecule has 32 heavy (non-hydrogen) atoms. The van der Waals surface area contributed by atoms with E-state index in [4.69, 9.17) is 7.98 Å². The summed E-state index contributed by atoms with van der Waals surface area (Å²) in [5.74, 6) is 0.181. The molecule has 0 aliphatic carbocycles. The van der Waals surface area contributed by atoms with E-state index in [0.29, 0.717) is 5.69 Å². The first-order chi connectivity index (χ1) is 15.2. The van der Waals surface area contributed by atoms with Gasteiger partial charge >= 0.3 is 0 Å². The third kappa shape index (κ3) is 13.6. The quantitative estimate of drug-likeness (QED) is 0.343. The molecule has 0 unspecified atom stereocenters. The van der Waals surface area contributed by atoms with Crippen molar-refractivity contribution in [1.82, 2.24) is 9.71 Å². The maximum Gasteiger partial charge on any atom is 0.181 e. The minimum absolute atomic E-state index is 0.181. The fraction of sp³-hybridized carbons (Fsp3) is 0.385. The largest absolute Gasteiger partial charge is 0.505 e. The fourth-order valence-corrected chi connectivity index (χ4v) is 2.18. The van der Waals surface area contributed by atoms with Crippen LogP contribution in [0.1, 0.15) is 33.3 Å². The van der Waals surface area contributed by atoms with Crippen LogP contribution in [0.15, 0.2) is 70.9 Å². The van der Waals surface area contributed by atoms with E-state index in [1.54, 1.807) is 14.1 Å². The number of aromatic hydroxyl groups is 1. The molecular formula is C26H41BN4O. The highest BCUT2D eigenvalue weighted by atomic mass is 16.3. The van der Waals surface area contributed by atoms with Gasteiger partial charge < -0.3 is 14.8 Å². The lowest BCUT2D eigenvalue weighted by atomic mass is 10.0. The Labute approximate surface area is 197 Å². The van der Waals surface area contributed by atoms with Gasteiger partial charge in [0.05, 0.1) is 5.69 Å². The molecule has 0 aliphatic rings. The fourth-order valence-electron chi connectivity index (χ4n) is 2.18. The number of phenols is 1. The van der Waals surface area contributed by atoms with Crippen LogP contribution in [0.25, 0.3) is 10.8 Å². The first-order valence-electron chi connectivity index (χ1n) is 10.9. The van der Waals surface area contributed by atoms with Crippen molar-refractivity contribution in [3.05, 3.63) is 66.2 Å². The van der Waals surface area contributed by atoms with Gasteiger partial charge in [-0.3, -0.25) is 0 Å². The molecule has 5 nitrogen and oxygen atoms in total. The Balaban J connectivity index is 0. The number of hydrogen-bond donors (Lipinski definition) is 1. The van der Waals surface area contributed by atoms with E-state index in [2.05, 4.69) is 10.2 Å². The molecule has 6 heteroatoms. The van der Waals surface area contributed by atoms with Crippen molar-refractivity contribution in [2.75, 3.05) is 35.2 Å². The van der Waals surface area contributed by atoms with Gasteiger partial charge in [-0.25, -0.2) is 0 Å². The number of aryl methyl sites for hydroxylation is 1. The number of phenolic OH excluding ortho intramolecular Hbond substituents is 1. The zero-order valence-corrected chi connectivity index (χ0v) is 21.6. The Hall–Kier alpha value is -2.70. The summed E-state index contributed by atoms with van der Waals surface area (Å²) in [5, 5.41) is 20.5. The lowest BCUT2D eigenvalue weighted by Gasteiger charge is -2.07. The molecule has 174 valence electrons. The van der Waals surface area contributed by atoms with Gasteiger partial charge in [-0.2, -0.15) is 5.11 Å². The molecule has 3 aromatic carbocycles. The molecule has 2 radical (unpaired) electrons. The molecule has 0 aliphatic heterocycles. The van der Waals surface area contributed by atoms with Gasteiger partial charge in [0.15, 0.2) is 13.7 Å². The van der Waals surface area contributed by atoms with Crippen LogP contribution >= 0.6 is 0 Å². The number of benzene rings is 3. The molecule has 0 spiro atoms. The van der Waals surface area contributed by atoms with Crippen LogP contribution in [-0.2, 0) is 0 Å². The molecule has 1 N–H and O–H groups in total. The highest BCUT2D eigenvalue weighted by molar-refractivity contribution is 6.03. The van der Waals surface area contributed by atoms with Gasteiger partial charge in [-0.15, -0.1) is 5.11 Å². The summed E-state index contributed by atoms with van der Waals surface area (Å²) in [6, 6.07) is 19.2. The van der Waals surface area contributed by atoms with Crippen molar-refractivity contribution in [3.8, 4) is 5.75 Å². The van der Waals surface area contributed by atoms with E-state index in [9.17, 15) is 5.11 Å². The van der Waals surface area contributed by atoms with Crippen LogP contribution in [0, 0.1) is 6.92 Å². The van der Waals surface area contributed by atoms with Crippen LogP contribution in [0.5, 0.6) is 5.75 Å². The molecule has 0 amide bonds. The van der Waals surface area contributed by atoms with E-state index < -0.39 is 0 Å². The van der Waals surface area contributed by atoms with E-state index >= 15 is 0 Å². The highest BCUT2D eigenvalue weighted by Crippen LogP contribution is 2.38. The summed E-state index contributed by atoms with van der Waals surface area (Å²) in [7, 11) is 14.5. The van der Waals surface area contributed by atoms with Crippen LogP contribution in [0.2, 0.25) is 0 Å². The van der Waals surface area contributed by atoms with Gasteiger partial charge in [-0.1, -0.05) is 70.2 Å². The first-order valence-corrected chi connectivity index (χ1v) is 10.9. The molecule has 0 aromatic heterocycles. The van der Waals surface area contributed by atoms with Crippen molar-refractivity contribution in [2.45, 2.75) is 34.6 Å². The van der Waals surface area contributed by atoms with Crippen molar-refractivity contribution in [1.29, 1.82) is 0 Å². The van der Waals surface area contributed by atoms with E-state index in [-0.39, 0.29) is 5.75 Å². The summed E-state index contributed by atoms with van der Waals surface area (Å²) in [6.07, 6.45) is 0. The van der Waals surface area contributed by atoms with E-state index in [1.165, 1.54) is 4.81 Å².